The van der Waals surface area contributed by atoms with Gasteiger partial charge in [-0.05, 0) is 35.1 Å². The van der Waals surface area contributed by atoms with Crippen molar-refractivity contribution in [2.45, 2.75) is 46.5 Å². The highest BCUT2D eigenvalue weighted by atomic mass is 16.3. The Labute approximate surface area is 159 Å². The Morgan fingerprint density at radius 1 is 0.926 bits per heavy atom. The molecule has 0 amide bonds. The molecule has 0 saturated heterocycles. The van der Waals surface area contributed by atoms with Crippen molar-refractivity contribution in [3.05, 3.63) is 59.7 Å². The third-order valence-electron chi connectivity index (χ3n) is 4.89. The average Bonchev–Trinajstić information content (AvgIpc) is 3.25. The molecule has 0 radical (unpaired) electrons. The van der Waals surface area contributed by atoms with Crippen molar-refractivity contribution in [1.82, 2.24) is 19.7 Å². The fourth-order valence-corrected chi connectivity index (χ4v) is 3.61. The minimum absolute atomic E-state index is 0.386. The van der Waals surface area contributed by atoms with Crippen molar-refractivity contribution in [2.24, 2.45) is 0 Å². The van der Waals surface area contributed by atoms with Gasteiger partial charge in [0.1, 0.15) is 11.8 Å². The first-order valence-electron chi connectivity index (χ1n) is 9.37. The normalized spacial score (nSPS) is 11.8. The van der Waals surface area contributed by atoms with Crippen LogP contribution in [0.5, 0.6) is 0 Å². The van der Waals surface area contributed by atoms with Gasteiger partial charge in [-0.3, -0.25) is 4.57 Å². The molecule has 27 heavy (non-hydrogen) atoms. The van der Waals surface area contributed by atoms with Crippen LogP contribution < -0.4 is 0 Å². The first-order valence-corrected chi connectivity index (χ1v) is 9.37. The van der Waals surface area contributed by atoms with E-state index in [1.807, 2.05) is 25.1 Å². The fourth-order valence-electron chi connectivity index (χ4n) is 3.61. The topological polar surface area (TPSA) is 56.7 Å². The largest absolute Gasteiger partial charge is 0.440 e. The molecule has 0 unspecified atom stereocenters. The van der Waals surface area contributed by atoms with E-state index < -0.39 is 0 Å². The zero-order chi connectivity index (χ0) is 19.1. The molecule has 5 nitrogen and oxygen atoms in total. The van der Waals surface area contributed by atoms with E-state index in [0.29, 0.717) is 17.7 Å². The summed E-state index contributed by atoms with van der Waals surface area (Å²) in [4.78, 5) is 4.45. The highest BCUT2D eigenvalue weighted by Crippen LogP contribution is 2.35. The minimum atomic E-state index is 0.386. The number of para-hydroxylation sites is 2. The zero-order valence-corrected chi connectivity index (χ0v) is 16.4. The Morgan fingerprint density at radius 2 is 1.59 bits per heavy atom. The van der Waals surface area contributed by atoms with Gasteiger partial charge in [0.05, 0.1) is 11.3 Å². The van der Waals surface area contributed by atoms with Gasteiger partial charge in [0, 0.05) is 6.92 Å². The lowest BCUT2D eigenvalue weighted by atomic mass is 9.92. The van der Waals surface area contributed by atoms with Gasteiger partial charge in [-0.25, -0.2) is 4.98 Å². The smallest absolute Gasteiger partial charge is 0.192 e. The lowest BCUT2D eigenvalue weighted by molar-refractivity contribution is 0.561. The van der Waals surface area contributed by atoms with Crippen LogP contribution in [0.15, 0.2) is 47.1 Å². The molecule has 4 aromatic rings. The van der Waals surface area contributed by atoms with Gasteiger partial charge in [-0.1, -0.05) is 52.0 Å². The van der Waals surface area contributed by atoms with E-state index in [2.05, 4.69) is 65.6 Å². The fraction of sp³-hybridized carbons (Fsp3) is 0.318. The monoisotopic (exact) mass is 360 g/mol. The molecule has 0 atom stereocenters. The first kappa shape index (κ1) is 17.5. The maximum atomic E-state index is 5.88. The summed E-state index contributed by atoms with van der Waals surface area (Å²) in [5.41, 5.74) is 6.21. The second kappa shape index (κ2) is 6.65. The van der Waals surface area contributed by atoms with Crippen LogP contribution in [0.3, 0.4) is 0 Å². The highest BCUT2D eigenvalue weighted by molar-refractivity contribution is 5.88. The van der Waals surface area contributed by atoms with Crippen molar-refractivity contribution >= 4 is 11.1 Å². The van der Waals surface area contributed by atoms with E-state index in [9.17, 15) is 0 Å². The maximum absolute atomic E-state index is 5.88. The van der Waals surface area contributed by atoms with Gasteiger partial charge < -0.3 is 4.42 Å². The molecule has 2 aromatic heterocycles. The second-order valence-electron chi connectivity index (χ2n) is 7.51. The van der Waals surface area contributed by atoms with Crippen molar-refractivity contribution < 1.29 is 4.42 Å². The Bertz CT molecular complexity index is 1080. The predicted molar refractivity (Wildman–Crippen MR) is 107 cm³/mol. The Balaban J connectivity index is 2.01. The molecular formula is C22H24N4O. The maximum Gasteiger partial charge on any atom is 0.192 e. The van der Waals surface area contributed by atoms with Gasteiger partial charge in [0.25, 0.3) is 0 Å². The second-order valence-corrected chi connectivity index (χ2v) is 7.51. The number of benzene rings is 2. The molecular weight excluding hydrogens is 336 g/mol. The molecule has 2 aromatic carbocycles. The quantitative estimate of drug-likeness (QED) is 0.473. The van der Waals surface area contributed by atoms with Crippen molar-refractivity contribution in [3.8, 4) is 17.1 Å². The summed E-state index contributed by atoms with van der Waals surface area (Å²) in [6.45, 7) is 10.7. The molecule has 0 aliphatic rings. The molecule has 0 N–H and O–H groups in total. The van der Waals surface area contributed by atoms with Crippen LogP contribution >= 0.6 is 0 Å². The number of oxazole rings is 1. The van der Waals surface area contributed by atoms with Gasteiger partial charge >= 0.3 is 0 Å². The summed E-state index contributed by atoms with van der Waals surface area (Å²) in [7, 11) is 0. The highest BCUT2D eigenvalue weighted by Gasteiger charge is 2.21. The van der Waals surface area contributed by atoms with Crippen molar-refractivity contribution in [3.63, 3.8) is 0 Å². The summed E-state index contributed by atoms with van der Waals surface area (Å²) < 4.78 is 7.97. The first-order chi connectivity index (χ1) is 13.0. The predicted octanol–water partition coefficient (Wildman–Crippen LogP) is 5.63. The molecule has 0 fully saturated rings. The number of aromatic nitrogens is 4. The van der Waals surface area contributed by atoms with E-state index in [4.69, 9.17) is 4.42 Å². The van der Waals surface area contributed by atoms with Crippen LogP contribution in [0.1, 0.15) is 56.5 Å². The van der Waals surface area contributed by atoms with E-state index >= 15 is 0 Å². The van der Waals surface area contributed by atoms with Gasteiger partial charge in [-0.2, -0.15) is 0 Å². The molecule has 0 aliphatic heterocycles. The van der Waals surface area contributed by atoms with E-state index in [-0.39, 0.29) is 0 Å². The number of hydrogen-bond donors (Lipinski definition) is 0. The number of fused-ring (bicyclic) bond motifs is 1. The van der Waals surface area contributed by atoms with Crippen LogP contribution in [0.2, 0.25) is 0 Å². The Morgan fingerprint density at radius 3 is 2.26 bits per heavy atom. The number of hydrogen-bond acceptors (Lipinski definition) is 4. The van der Waals surface area contributed by atoms with E-state index in [1.54, 1.807) is 6.33 Å². The summed E-state index contributed by atoms with van der Waals surface area (Å²) in [6, 6.07) is 12.5. The third-order valence-corrected chi connectivity index (χ3v) is 4.89. The molecule has 4 rings (SSSR count). The van der Waals surface area contributed by atoms with Crippen LogP contribution in [0.4, 0.5) is 0 Å². The van der Waals surface area contributed by atoms with Crippen LogP contribution in [-0.2, 0) is 0 Å². The molecule has 0 saturated carbocycles. The Kier molecular flexibility index (Phi) is 4.30. The minimum Gasteiger partial charge on any atom is -0.440 e. The molecule has 0 bridgehead atoms. The molecule has 0 aliphatic carbocycles. The lowest BCUT2D eigenvalue weighted by Gasteiger charge is -2.21. The summed E-state index contributed by atoms with van der Waals surface area (Å²) in [5.74, 6) is 2.19. The molecule has 138 valence electrons. The number of aryl methyl sites for hydroxylation is 1. The average molecular weight is 360 g/mol. The standard InChI is InChI=1S/C22H24N4O/c1-13(2)16-8-6-9-17(14(3)4)20(16)26-12-23-25-22(26)18-10-7-11-19-21(18)27-15(5)24-19/h6-14H,1-5H3. The molecule has 2 heterocycles. The van der Waals surface area contributed by atoms with E-state index in [1.165, 1.54) is 11.1 Å². The summed E-state index contributed by atoms with van der Waals surface area (Å²) in [5, 5.41) is 8.69. The van der Waals surface area contributed by atoms with Gasteiger partial charge in [0.15, 0.2) is 17.3 Å². The number of rotatable bonds is 4. The molecule has 0 spiro atoms. The van der Waals surface area contributed by atoms with Crippen LogP contribution in [0, 0.1) is 6.92 Å². The number of nitrogens with zero attached hydrogens (tertiary/aromatic N) is 4. The van der Waals surface area contributed by atoms with Crippen molar-refractivity contribution in [2.75, 3.05) is 0 Å². The SMILES string of the molecule is Cc1nc2cccc(-c3nncn3-c3c(C(C)C)cccc3C(C)C)c2o1. The lowest BCUT2D eigenvalue weighted by Crippen LogP contribution is -2.07. The van der Waals surface area contributed by atoms with Crippen LogP contribution in [0.25, 0.3) is 28.2 Å². The van der Waals surface area contributed by atoms with Gasteiger partial charge in [-0.15, -0.1) is 10.2 Å². The summed E-state index contributed by atoms with van der Waals surface area (Å²) >= 11 is 0. The Hall–Kier alpha value is -2.95. The van der Waals surface area contributed by atoms with E-state index in [0.717, 1.165) is 28.2 Å². The third kappa shape index (κ3) is 2.93. The zero-order valence-electron chi connectivity index (χ0n) is 16.4. The van der Waals surface area contributed by atoms with Crippen molar-refractivity contribution in [1.29, 1.82) is 0 Å². The summed E-state index contributed by atoms with van der Waals surface area (Å²) in [6.07, 6.45) is 1.80. The molecule has 5 heteroatoms. The van der Waals surface area contributed by atoms with Crippen LogP contribution in [-0.4, -0.2) is 19.7 Å². The van der Waals surface area contributed by atoms with Gasteiger partial charge in [0.2, 0.25) is 0 Å².